The molecule has 82 valence electrons. The molecule has 4 heteroatoms. The monoisotopic (exact) mass is 213 g/mol. The van der Waals surface area contributed by atoms with Crippen molar-refractivity contribution >= 4 is 5.69 Å². The summed E-state index contributed by atoms with van der Waals surface area (Å²) < 4.78 is 30.8. The highest BCUT2D eigenvalue weighted by molar-refractivity contribution is 5.43. The molecule has 0 amide bonds. The van der Waals surface area contributed by atoms with Crippen molar-refractivity contribution in [2.45, 2.75) is 6.92 Å². The number of hydrogen-bond acceptors (Lipinski definition) is 2. The Balaban J connectivity index is 1.98. The summed E-state index contributed by atoms with van der Waals surface area (Å²) in [6.45, 7) is 4.12. The van der Waals surface area contributed by atoms with Gasteiger partial charge in [-0.1, -0.05) is 6.92 Å². The Hall–Kier alpha value is -1.16. The lowest BCUT2D eigenvalue weighted by atomic mass is 9.89. The summed E-state index contributed by atoms with van der Waals surface area (Å²) >= 11 is 0. The molecule has 0 radical (unpaired) electrons. The van der Waals surface area contributed by atoms with E-state index in [1.807, 2.05) is 0 Å². The van der Waals surface area contributed by atoms with Crippen LogP contribution in [-0.2, 0) is 4.74 Å². The third kappa shape index (κ3) is 2.45. The molecule has 0 aliphatic carbocycles. The number of hydrogen-bond donors (Lipinski definition) is 1. The zero-order valence-electron chi connectivity index (χ0n) is 8.52. The van der Waals surface area contributed by atoms with Gasteiger partial charge in [0.2, 0.25) is 0 Å². The number of nitrogens with one attached hydrogen (secondary N) is 1. The highest BCUT2D eigenvalue weighted by atomic mass is 19.1. The highest BCUT2D eigenvalue weighted by Crippen LogP contribution is 2.27. The van der Waals surface area contributed by atoms with Gasteiger partial charge in [-0.25, -0.2) is 8.78 Å². The van der Waals surface area contributed by atoms with Gasteiger partial charge < -0.3 is 10.1 Å². The lowest BCUT2D eigenvalue weighted by Crippen LogP contribution is -2.45. The fourth-order valence-electron chi connectivity index (χ4n) is 1.52. The molecule has 0 bridgehead atoms. The molecular weight excluding hydrogens is 200 g/mol. The molecule has 1 aromatic rings. The molecule has 1 N–H and O–H groups in total. The van der Waals surface area contributed by atoms with Crippen molar-refractivity contribution in [2.24, 2.45) is 5.41 Å². The van der Waals surface area contributed by atoms with Gasteiger partial charge in [-0.15, -0.1) is 0 Å². The molecule has 1 heterocycles. The molecule has 2 rings (SSSR count). The zero-order valence-corrected chi connectivity index (χ0v) is 8.52. The van der Waals surface area contributed by atoms with Crippen molar-refractivity contribution in [3.63, 3.8) is 0 Å². The third-order valence-corrected chi connectivity index (χ3v) is 2.48. The predicted octanol–water partition coefficient (Wildman–Crippen LogP) is 2.41. The molecule has 0 saturated carbocycles. The van der Waals surface area contributed by atoms with E-state index in [2.05, 4.69) is 12.2 Å². The van der Waals surface area contributed by atoms with E-state index in [0.29, 0.717) is 25.4 Å². The van der Waals surface area contributed by atoms with Gasteiger partial charge in [0.25, 0.3) is 0 Å². The van der Waals surface area contributed by atoms with E-state index in [9.17, 15) is 8.78 Å². The fraction of sp³-hybridized carbons (Fsp3) is 0.455. The molecule has 0 unspecified atom stereocenters. The smallest absolute Gasteiger partial charge is 0.128 e. The van der Waals surface area contributed by atoms with Gasteiger partial charge in [-0.3, -0.25) is 0 Å². The van der Waals surface area contributed by atoms with Crippen LogP contribution in [0.15, 0.2) is 18.2 Å². The second-order valence-electron chi connectivity index (χ2n) is 4.32. The van der Waals surface area contributed by atoms with Crippen molar-refractivity contribution in [1.82, 2.24) is 0 Å². The number of halogens is 2. The van der Waals surface area contributed by atoms with Gasteiger partial charge in [0, 0.05) is 23.7 Å². The zero-order chi connectivity index (χ0) is 10.9. The van der Waals surface area contributed by atoms with Crippen LogP contribution in [0.2, 0.25) is 0 Å². The first kappa shape index (κ1) is 10.4. The minimum atomic E-state index is -0.562. The van der Waals surface area contributed by atoms with Crippen LogP contribution in [-0.4, -0.2) is 19.8 Å². The van der Waals surface area contributed by atoms with Gasteiger partial charge in [-0.05, 0) is 12.1 Å². The van der Waals surface area contributed by atoms with Crippen LogP contribution < -0.4 is 5.32 Å². The Morgan fingerprint density at radius 3 is 2.33 bits per heavy atom. The standard InChI is InChI=1S/C11H13F2NO/c1-11(6-15-7-11)5-14-10-3-8(12)2-9(13)4-10/h2-4,14H,5-7H2,1H3. The average molecular weight is 213 g/mol. The molecule has 1 saturated heterocycles. The molecule has 1 aliphatic heterocycles. The summed E-state index contributed by atoms with van der Waals surface area (Å²) in [5.41, 5.74) is 0.559. The third-order valence-electron chi connectivity index (χ3n) is 2.48. The average Bonchev–Trinajstić information content (AvgIpc) is 2.10. The Labute approximate surface area is 87.2 Å². The molecular formula is C11H13F2NO. The van der Waals surface area contributed by atoms with Gasteiger partial charge in [0.05, 0.1) is 13.2 Å². The molecule has 0 spiro atoms. The molecule has 0 aromatic heterocycles. The lowest BCUT2D eigenvalue weighted by Gasteiger charge is -2.38. The van der Waals surface area contributed by atoms with Crippen molar-refractivity contribution in [3.05, 3.63) is 29.8 Å². The minimum Gasteiger partial charge on any atom is -0.384 e. The Morgan fingerprint density at radius 2 is 1.87 bits per heavy atom. The Bertz CT molecular complexity index is 343. The van der Waals surface area contributed by atoms with Crippen LogP contribution in [0, 0.1) is 17.0 Å². The topological polar surface area (TPSA) is 21.3 Å². The van der Waals surface area contributed by atoms with Crippen LogP contribution in [0.5, 0.6) is 0 Å². The van der Waals surface area contributed by atoms with Gasteiger partial charge in [0.15, 0.2) is 0 Å². The second-order valence-corrected chi connectivity index (χ2v) is 4.32. The molecule has 1 aliphatic rings. The first-order valence-electron chi connectivity index (χ1n) is 4.85. The summed E-state index contributed by atoms with van der Waals surface area (Å²) in [5.74, 6) is -1.12. The van der Waals surface area contributed by atoms with Gasteiger partial charge >= 0.3 is 0 Å². The number of benzene rings is 1. The van der Waals surface area contributed by atoms with E-state index in [1.54, 1.807) is 0 Å². The van der Waals surface area contributed by atoms with Gasteiger partial charge in [-0.2, -0.15) is 0 Å². The van der Waals surface area contributed by atoms with Crippen LogP contribution in [0.4, 0.5) is 14.5 Å². The van der Waals surface area contributed by atoms with E-state index in [4.69, 9.17) is 4.74 Å². The number of anilines is 1. The predicted molar refractivity (Wildman–Crippen MR) is 53.8 cm³/mol. The Kier molecular flexibility index (Phi) is 2.61. The van der Waals surface area contributed by atoms with Crippen molar-refractivity contribution in [3.8, 4) is 0 Å². The molecule has 1 aromatic carbocycles. The van der Waals surface area contributed by atoms with Crippen LogP contribution in [0.1, 0.15) is 6.92 Å². The number of rotatable bonds is 3. The maximum atomic E-state index is 12.8. The SMILES string of the molecule is CC1(CNc2cc(F)cc(F)c2)COC1. The van der Waals surface area contributed by atoms with Gasteiger partial charge in [0.1, 0.15) is 11.6 Å². The summed E-state index contributed by atoms with van der Waals surface area (Å²) in [5, 5.41) is 3.01. The second kappa shape index (κ2) is 3.77. The first-order chi connectivity index (χ1) is 7.07. The fourth-order valence-corrected chi connectivity index (χ4v) is 1.52. The van der Waals surface area contributed by atoms with E-state index in [0.717, 1.165) is 6.07 Å². The van der Waals surface area contributed by atoms with Crippen molar-refractivity contribution < 1.29 is 13.5 Å². The van der Waals surface area contributed by atoms with Crippen LogP contribution in [0.25, 0.3) is 0 Å². The quantitative estimate of drug-likeness (QED) is 0.832. The normalized spacial score (nSPS) is 18.3. The molecule has 2 nitrogen and oxygen atoms in total. The maximum Gasteiger partial charge on any atom is 0.128 e. The lowest BCUT2D eigenvalue weighted by molar-refractivity contribution is -0.0924. The highest BCUT2D eigenvalue weighted by Gasteiger charge is 2.32. The van der Waals surface area contributed by atoms with E-state index < -0.39 is 11.6 Å². The summed E-state index contributed by atoms with van der Waals surface area (Å²) in [6.07, 6.45) is 0. The van der Waals surface area contributed by atoms with Crippen molar-refractivity contribution in [2.75, 3.05) is 25.1 Å². The number of ether oxygens (including phenoxy) is 1. The van der Waals surface area contributed by atoms with Crippen molar-refractivity contribution in [1.29, 1.82) is 0 Å². The molecule has 1 fully saturated rings. The maximum absolute atomic E-state index is 12.8. The first-order valence-corrected chi connectivity index (χ1v) is 4.85. The van der Waals surface area contributed by atoms with E-state index >= 15 is 0 Å². The molecule has 0 atom stereocenters. The summed E-state index contributed by atoms with van der Waals surface area (Å²) in [4.78, 5) is 0. The van der Waals surface area contributed by atoms with Crippen LogP contribution >= 0.6 is 0 Å². The van der Waals surface area contributed by atoms with E-state index in [-0.39, 0.29) is 5.41 Å². The molecule has 15 heavy (non-hydrogen) atoms. The Morgan fingerprint density at radius 1 is 1.27 bits per heavy atom. The summed E-state index contributed by atoms with van der Waals surface area (Å²) in [6, 6.07) is 3.43. The minimum absolute atomic E-state index is 0.0861. The largest absolute Gasteiger partial charge is 0.384 e. The summed E-state index contributed by atoms with van der Waals surface area (Å²) in [7, 11) is 0. The van der Waals surface area contributed by atoms with E-state index in [1.165, 1.54) is 12.1 Å². The van der Waals surface area contributed by atoms with Crippen LogP contribution in [0.3, 0.4) is 0 Å².